The molecule has 4 nitrogen and oxygen atoms in total. The summed E-state index contributed by atoms with van der Waals surface area (Å²) >= 11 is 0. The molecule has 0 fully saturated rings. The van der Waals surface area contributed by atoms with Gasteiger partial charge in [-0.1, -0.05) is 146 Å². The van der Waals surface area contributed by atoms with Crippen LogP contribution in [-0.4, -0.2) is 15.0 Å². The second kappa shape index (κ2) is 13.6. The highest BCUT2D eigenvalue weighted by Crippen LogP contribution is 2.41. The van der Waals surface area contributed by atoms with Crippen LogP contribution in [0.3, 0.4) is 0 Å². The summed E-state index contributed by atoms with van der Waals surface area (Å²) < 4.78 is 6.60. The largest absolute Gasteiger partial charge is 0.455 e. The molecule has 0 radical (unpaired) electrons. The summed E-state index contributed by atoms with van der Waals surface area (Å²) in [7, 11) is 0. The zero-order valence-corrected chi connectivity index (χ0v) is 28.8. The fourth-order valence-electron chi connectivity index (χ4n) is 7.27. The van der Waals surface area contributed by atoms with Gasteiger partial charge in [0.15, 0.2) is 17.5 Å². The van der Waals surface area contributed by atoms with Crippen molar-refractivity contribution < 1.29 is 4.42 Å². The van der Waals surface area contributed by atoms with Crippen molar-refractivity contribution in [3.05, 3.63) is 180 Å². The Morgan fingerprint density at radius 1 is 0.558 bits per heavy atom. The SMILES string of the molecule is C\C=C/C=C\C=C\c1nc(-c2ccccc2)nc(-c2ccc(-c3cc4c5cc(C6=c7ccccc7=CCC6)ccc5oc4c4ccccc34)cc2)n1. The topological polar surface area (TPSA) is 51.8 Å². The van der Waals surface area contributed by atoms with Crippen molar-refractivity contribution in [1.82, 2.24) is 15.0 Å². The molecule has 0 bridgehead atoms. The molecule has 6 aromatic carbocycles. The maximum atomic E-state index is 6.60. The van der Waals surface area contributed by atoms with Gasteiger partial charge >= 0.3 is 0 Å². The monoisotopic (exact) mass is 669 g/mol. The Kier molecular flexibility index (Phi) is 8.18. The van der Waals surface area contributed by atoms with Gasteiger partial charge in [-0.25, -0.2) is 15.0 Å². The van der Waals surface area contributed by atoms with Crippen molar-refractivity contribution in [2.45, 2.75) is 19.8 Å². The molecule has 1 aliphatic carbocycles. The molecular weight excluding hydrogens is 635 g/mol. The predicted molar refractivity (Wildman–Crippen MR) is 216 cm³/mol. The summed E-state index contributed by atoms with van der Waals surface area (Å²) in [5.74, 6) is 1.88. The first-order valence-corrected chi connectivity index (χ1v) is 17.8. The van der Waals surface area contributed by atoms with Crippen molar-refractivity contribution in [2.24, 2.45) is 0 Å². The quantitative estimate of drug-likeness (QED) is 0.159. The number of aromatic nitrogens is 3. The lowest BCUT2D eigenvalue weighted by Gasteiger charge is -2.12. The van der Waals surface area contributed by atoms with E-state index in [0.717, 1.165) is 67.8 Å². The summed E-state index contributed by atoms with van der Waals surface area (Å²) in [6.07, 6.45) is 16.2. The van der Waals surface area contributed by atoms with E-state index in [-0.39, 0.29) is 0 Å². The molecular formula is C48H35N3O. The molecule has 2 heterocycles. The van der Waals surface area contributed by atoms with E-state index < -0.39 is 0 Å². The Hall–Kier alpha value is -6.65. The maximum absolute atomic E-state index is 6.60. The standard InChI is InChI=1S/C48H35N3O/c1-2-3-4-5-9-23-45-49-47(34-16-7-6-8-17-34)51-48(50-45)35-26-24-33(25-27-35)41-31-43-42-30-36(38-22-14-18-32-15-10-11-19-37(32)38)28-29-44(42)52-46(43)40-21-13-12-20-39(40)41/h2-13,15-21,23-31H,14,22H2,1H3/b3-2-,5-4-,23-9+. The highest BCUT2D eigenvalue weighted by molar-refractivity contribution is 6.19. The Balaban J connectivity index is 1.15. The molecule has 0 amide bonds. The van der Waals surface area contributed by atoms with Gasteiger partial charge in [-0.05, 0) is 82.1 Å². The number of rotatable bonds is 7. The van der Waals surface area contributed by atoms with E-state index in [0.29, 0.717) is 17.5 Å². The molecule has 0 aliphatic heterocycles. The molecule has 2 aromatic heterocycles. The number of benzene rings is 6. The van der Waals surface area contributed by atoms with Crippen molar-refractivity contribution in [1.29, 1.82) is 0 Å². The van der Waals surface area contributed by atoms with Gasteiger partial charge in [-0.15, -0.1) is 0 Å². The van der Waals surface area contributed by atoms with Crippen molar-refractivity contribution in [2.75, 3.05) is 0 Å². The second-order valence-corrected chi connectivity index (χ2v) is 13.0. The number of nitrogens with zero attached hydrogens (tertiary/aromatic N) is 3. The molecule has 248 valence electrons. The maximum Gasteiger partial charge on any atom is 0.164 e. The van der Waals surface area contributed by atoms with Gasteiger partial charge in [0.1, 0.15) is 11.2 Å². The van der Waals surface area contributed by atoms with E-state index in [1.807, 2.05) is 73.7 Å². The first-order valence-electron chi connectivity index (χ1n) is 17.8. The fourth-order valence-corrected chi connectivity index (χ4v) is 7.27. The summed E-state index contributed by atoms with van der Waals surface area (Å²) in [6, 6.07) is 44.8. The minimum absolute atomic E-state index is 0.605. The molecule has 0 atom stereocenters. The van der Waals surface area contributed by atoms with E-state index in [4.69, 9.17) is 19.4 Å². The van der Waals surface area contributed by atoms with Crippen LogP contribution in [0.15, 0.2) is 162 Å². The van der Waals surface area contributed by atoms with Crippen molar-refractivity contribution >= 4 is 50.4 Å². The summed E-state index contributed by atoms with van der Waals surface area (Å²) in [6.45, 7) is 1.99. The highest BCUT2D eigenvalue weighted by atomic mass is 16.3. The van der Waals surface area contributed by atoms with Crippen LogP contribution in [0.5, 0.6) is 0 Å². The molecule has 0 N–H and O–H groups in total. The molecule has 8 aromatic rings. The third-order valence-electron chi connectivity index (χ3n) is 9.78. The number of hydrogen-bond donors (Lipinski definition) is 0. The van der Waals surface area contributed by atoms with Gasteiger partial charge in [0.25, 0.3) is 0 Å². The minimum atomic E-state index is 0.605. The number of fused-ring (bicyclic) bond motifs is 6. The normalized spacial score (nSPS) is 13.2. The lowest BCUT2D eigenvalue weighted by molar-refractivity contribution is 0.672. The molecule has 9 rings (SSSR count). The van der Waals surface area contributed by atoms with E-state index in [1.165, 1.54) is 21.6 Å². The lowest BCUT2D eigenvalue weighted by atomic mass is 9.92. The molecule has 0 unspecified atom stereocenters. The Bertz CT molecular complexity index is 2840. The Morgan fingerprint density at radius 3 is 2.08 bits per heavy atom. The minimum Gasteiger partial charge on any atom is -0.455 e. The van der Waals surface area contributed by atoms with Gasteiger partial charge in [0.05, 0.1) is 0 Å². The molecule has 52 heavy (non-hydrogen) atoms. The fraction of sp³-hybridized carbons (Fsp3) is 0.0625. The van der Waals surface area contributed by atoms with E-state index in [2.05, 4.69) is 103 Å². The number of allylic oxidation sites excluding steroid dienone is 5. The molecule has 0 saturated heterocycles. The van der Waals surface area contributed by atoms with Gasteiger partial charge in [0.2, 0.25) is 0 Å². The third kappa shape index (κ3) is 5.84. The predicted octanol–water partition coefficient (Wildman–Crippen LogP) is 10.8. The molecule has 0 saturated carbocycles. The zero-order chi connectivity index (χ0) is 34.9. The van der Waals surface area contributed by atoms with Gasteiger partial charge in [-0.2, -0.15) is 0 Å². The van der Waals surface area contributed by atoms with Crippen LogP contribution in [0.2, 0.25) is 0 Å². The first kappa shape index (κ1) is 31.3. The van der Waals surface area contributed by atoms with E-state index in [1.54, 1.807) is 0 Å². The summed E-state index contributed by atoms with van der Waals surface area (Å²) in [5.41, 5.74) is 8.61. The first-order chi connectivity index (χ1) is 25.7. The molecule has 0 spiro atoms. The van der Waals surface area contributed by atoms with Crippen LogP contribution in [0.25, 0.3) is 84.3 Å². The van der Waals surface area contributed by atoms with E-state index >= 15 is 0 Å². The van der Waals surface area contributed by atoms with E-state index in [9.17, 15) is 0 Å². The Morgan fingerprint density at radius 2 is 1.25 bits per heavy atom. The average molecular weight is 670 g/mol. The van der Waals surface area contributed by atoms with Crippen LogP contribution in [-0.2, 0) is 0 Å². The Labute approximate surface area is 302 Å². The van der Waals surface area contributed by atoms with Crippen LogP contribution >= 0.6 is 0 Å². The van der Waals surface area contributed by atoms with Crippen LogP contribution in [0.4, 0.5) is 0 Å². The van der Waals surface area contributed by atoms with Gasteiger partial charge < -0.3 is 4.42 Å². The highest BCUT2D eigenvalue weighted by Gasteiger charge is 2.17. The van der Waals surface area contributed by atoms with Gasteiger partial charge in [-0.3, -0.25) is 0 Å². The molecule has 1 aliphatic rings. The smallest absolute Gasteiger partial charge is 0.164 e. The van der Waals surface area contributed by atoms with Crippen LogP contribution in [0, 0.1) is 0 Å². The van der Waals surface area contributed by atoms with Crippen molar-refractivity contribution in [3.8, 4) is 33.9 Å². The lowest BCUT2D eigenvalue weighted by Crippen LogP contribution is -2.29. The van der Waals surface area contributed by atoms with Crippen LogP contribution < -0.4 is 10.4 Å². The summed E-state index contributed by atoms with van der Waals surface area (Å²) in [4.78, 5) is 14.5. The van der Waals surface area contributed by atoms with Gasteiger partial charge in [0, 0.05) is 27.3 Å². The summed E-state index contributed by atoms with van der Waals surface area (Å²) in [5, 5.41) is 7.15. The number of hydrogen-bond acceptors (Lipinski definition) is 4. The number of furan rings is 1. The molecule has 4 heteroatoms. The third-order valence-corrected chi connectivity index (χ3v) is 9.78. The average Bonchev–Trinajstić information content (AvgIpc) is 3.59. The second-order valence-electron chi connectivity index (χ2n) is 13.0. The van der Waals surface area contributed by atoms with Crippen LogP contribution in [0.1, 0.15) is 31.2 Å². The van der Waals surface area contributed by atoms with Crippen molar-refractivity contribution in [3.63, 3.8) is 0 Å². The zero-order valence-electron chi connectivity index (χ0n) is 28.8.